The van der Waals surface area contributed by atoms with Crippen molar-refractivity contribution in [3.05, 3.63) is 97.2 Å². The van der Waals surface area contributed by atoms with Crippen LogP contribution in [0.5, 0.6) is 0 Å². The molecule has 0 aromatic heterocycles. The number of hydrogen-bond acceptors (Lipinski definition) is 6. The predicted molar refractivity (Wildman–Crippen MR) is 265 cm³/mol. The number of rotatable bonds is 44. The van der Waals surface area contributed by atoms with Crippen molar-refractivity contribution in [2.24, 2.45) is 0 Å². The smallest absolute Gasteiger partial charge is 0.306 e. The summed E-state index contributed by atoms with van der Waals surface area (Å²) in [5, 5.41) is 0. The quantitative estimate of drug-likeness (QED) is 0.0263. The lowest BCUT2D eigenvalue weighted by Gasteiger charge is -2.18. The monoisotopic (exact) mass is 861 g/mol. The Morgan fingerprint density at radius 1 is 0.339 bits per heavy atom. The van der Waals surface area contributed by atoms with Gasteiger partial charge in [-0.05, 0) is 96.3 Å². The molecule has 0 aliphatic heterocycles. The molecule has 0 rings (SSSR count). The van der Waals surface area contributed by atoms with E-state index in [1.165, 1.54) is 32.1 Å². The summed E-state index contributed by atoms with van der Waals surface area (Å²) in [5.74, 6) is -0.937. The van der Waals surface area contributed by atoms with Gasteiger partial charge in [-0.3, -0.25) is 14.4 Å². The van der Waals surface area contributed by atoms with E-state index in [1.807, 2.05) is 0 Å². The van der Waals surface area contributed by atoms with E-state index < -0.39 is 6.10 Å². The van der Waals surface area contributed by atoms with Crippen LogP contribution in [0.3, 0.4) is 0 Å². The lowest BCUT2D eigenvalue weighted by atomic mass is 10.1. The van der Waals surface area contributed by atoms with Gasteiger partial charge in [0.25, 0.3) is 0 Å². The van der Waals surface area contributed by atoms with Gasteiger partial charge in [-0.2, -0.15) is 0 Å². The second-order valence-corrected chi connectivity index (χ2v) is 16.3. The first-order valence-electron chi connectivity index (χ1n) is 25.2. The van der Waals surface area contributed by atoms with Crippen LogP contribution >= 0.6 is 0 Å². The van der Waals surface area contributed by atoms with E-state index in [9.17, 15) is 14.4 Å². The molecule has 1 atom stereocenters. The molecule has 0 aliphatic carbocycles. The molecule has 0 aromatic carbocycles. The van der Waals surface area contributed by atoms with Gasteiger partial charge in [0, 0.05) is 19.3 Å². The molecule has 352 valence electrons. The van der Waals surface area contributed by atoms with Gasteiger partial charge >= 0.3 is 17.9 Å². The van der Waals surface area contributed by atoms with E-state index in [0.717, 1.165) is 148 Å². The van der Waals surface area contributed by atoms with E-state index in [4.69, 9.17) is 14.2 Å². The Morgan fingerprint density at radius 2 is 0.629 bits per heavy atom. The third kappa shape index (κ3) is 47.4. The average Bonchev–Trinajstić information content (AvgIpc) is 3.27. The van der Waals surface area contributed by atoms with Crippen molar-refractivity contribution in [3.8, 4) is 0 Å². The third-order valence-electron chi connectivity index (χ3n) is 10.3. The molecule has 0 spiro atoms. The maximum Gasteiger partial charge on any atom is 0.306 e. The SMILES string of the molecule is CC/C=C\C/C=C\C/C=C\C/C=C\C/C=C\CCCCCCCC(=O)OCC(COC(=O)CCCCCCCCCC)OC(=O)CCCCCCC/C=C\C/C=C\C/C=C\CC. The van der Waals surface area contributed by atoms with Gasteiger partial charge in [-0.1, -0.05) is 201 Å². The minimum atomic E-state index is -0.792. The van der Waals surface area contributed by atoms with Crippen molar-refractivity contribution < 1.29 is 28.6 Å². The second kappa shape index (κ2) is 50.0. The van der Waals surface area contributed by atoms with Gasteiger partial charge in [0.2, 0.25) is 0 Å². The van der Waals surface area contributed by atoms with E-state index >= 15 is 0 Å². The molecule has 0 aliphatic rings. The zero-order valence-electron chi connectivity index (χ0n) is 40.1. The summed E-state index contributed by atoms with van der Waals surface area (Å²) in [5.41, 5.74) is 0. The number of ether oxygens (including phenoxy) is 3. The highest BCUT2D eigenvalue weighted by Gasteiger charge is 2.19. The first-order chi connectivity index (χ1) is 30.5. The van der Waals surface area contributed by atoms with Crippen LogP contribution in [0.4, 0.5) is 0 Å². The highest BCUT2D eigenvalue weighted by Crippen LogP contribution is 2.13. The maximum atomic E-state index is 12.8. The molecular formula is C56H92O6. The Morgan fingerprint density at radius 3 is 0.984 bits per heavy atom. The fraction of sp³-hybridized carbons (Fsp3) is 0.661. The molecule has 62 heavy (non-hydrogen) atoms. The molecule has 0 bridgehead atoms. The van der Waals surface area contributed by atoms with Crippen molar-refractivity contribution in [3.63, 3.8) is 0 Å². The molecular weight excluding hydrogens is 769 g/mol. The van der Waals surface area contributed by atoms with E-state index in [1.54, 1.807) is 0 Å². The minimum Gasteiger partial charge on any atom is -0.462 e. The topological polar surface area (TPSA) is 78.9 Å². The van der Waals surface area contributed by atoms with Crippen LogP contribution in [0.15, 0.2) is 97.2 Å². The Balaban J connectivity index is 4.36. The summed E-state index contributed by atoms with van der Waals surface area (Å²) >= 11 is 0. The molecule has 0 saturated carbocycles. The largest absolute Gasteiger partial charge is 0.462 e. The van der Waals surface area contributed by atoms with Crippen LogP contribution < -0.4 is 0 Å². The van der Waals surface area contributed by atoms with E-state index in [0.29, 0.717) is 19.3 Å². The predicted octanol–water partition coefficient (Wildman–Crippen LogP) is 16.6. The van der Waals surface area contributed by atoms with Crippen LogP contribution in [0, 0.1) is 0 Å². The highest BCUT2D eigenvalue weighted by atomic mass is 16.6. The highest BCUT2D eigenvalue weighted by molar-refractivity contribution is 5.71. The van der Waals surface area contributed by atoms with Gasteiger partial charge in [-0.25, -0.2) is 0 Å². The number of hydrogen-bond donors (Lipinski definition) is 0. The molecule has 0 heterocycles. The standard InChI is InChI=1S/C56H92O6/c1-4-7-10-13-16-19-21-23-25-26-27-28-29-30-32-33-35-37-40-43-46-49-55(58)61-52-53(51-60-54(57)48-45-42-39-18-15-12-9-6-3)62-56(59)50-47-44-41-38-36-34-31-24-22-20-17-14-11-8-5-2/h7-8,10-11,16-17,19-20,23-25,27-28,30-32,53H,4-6,9,12-15,18,21-22,26,29,33-52H2,1-3H3/b10-7-,11-8-,19-16-,20-17-,25-23-,28-27-,31-24-,32-30-. The Hall–Kier alpha value is -3.67. The fourth-order valence-corrected chi connectivity index (χ4v) is 6.60. The number of carbonyl (C=O) groups excluding carboxylic acids is 3. The Labute approximate surface area is 381 Å². The van der Waals surface area contributed by atoms with Crippen molar-refractivity contribution in [2.75, 3.05) is 13.2 Å². The van der Waals surface area contributed by atoms with E-state index in [-0.39, 0.29) is 31.1 Å². The number of esters is 3. The number of allylic oxidation sites excluding steroid dienone is 16. The van der Waals surface area contributed by atoms with Gasteiger partial charge in [-0.15, -0.1) is 0 Å². The summed E-state index contributed by atoms with van der Waals surface area (Å²) in [6.07, 6.45) is 65.4. The molecule has 0 saturated heterocycles. The second-order valence-electron chi connectivity index (χ2n) is 16.3. The van der Waals surface area contributed by atoms with Gasteiger partial charge in [0.05, 0.1) is 0 Å². The van der Waals surface area contributed by atoms with Crippen LogP contribution in [0.1, 0.15) is 220 Å². The van der Waals surface area contributed by atoms with Crippen molar-refractivity contribution in [1.29, 1.82) is 0 Å². The molecule has 0 amide bonds. The summed E-state index contributed by atoms with van der Waals surface area (Å²) < 4.78 is 16.7. The van der Waals surface area contributed by atoms with Crippen LogP contribution in [0.2, 0.25) is 0 Å². The van der Waals surface area contributed by atoms with Gasteiger partial charge in [0.1, 0.15) is 13.2 Å². The molecule has 0 radical (unpaired) electrons. The average molecular weight is 861 g/mol. The third-order valence-corrected chi connectivity index (χ3v) is 10.3. The number of unbranched alkanes of at least 4 members (excludes halogenated alkanes) is 17. The summed E-state index contributed by atoms with van der Waals surface area (Å²) in [6, 6.07) is 0. The molecule has 6 nitrogen and oxygen atoms in total. The van der Waals surface area contributed by atoms with Crippen LogP contribution in [0.25, 0.3) is 0 Å². The van der Waals surface area contributed by atoms with Crippen LogP contribution in [-0.2, 0) is 28.6 Å². The summed E-state index contributed by atoms with van der Waals surface area (Å²) in [4.78, 5) is 37.8. The molecule has 0 fully saturated rings. The maximum absolute atomic E-state index is 12.8. The first kappa shape index (κ1) is 58.3. The minimum absolute atomic E-state index is 0.0913. The molecule has 0 aromatic rings. The van der Waals surface area contributed by atoms with Crippen LogP contribution in [-0.4, -0.2) is 37.2 Å². The Bertz CT molecular complexity index is 1260. The van der Waals surface area contributed by atoms with Gasteiger partial charge in [0.15, 0.2) is 6.10 Å². The van der Waals surface area contributed by atoms with Crippen molar-refractivity contribution in [2.45, 2.75) is 226 Å². The lowest BCUT2D eigenvalue weighted by molar-refractivity contribution is -0.167. The Kier molecular flexibility index (Phi) is 47.0. The zero-order chi connectivity index (χ0) is 45.1. The fourth-order valence-electron chi connectivity index (χ4n) is 6.60. The normalized spacial score (nSPS) is 12.9. The molecule has 1 unspecified atom stereocenters. The lowest BCUT2D eigenvalue weighted by Crippen LogP contribution is -2.30. The summed E-state index contributed by atoms with van der Waals surface area (Å²) in [7, 11) is 0. The van der Waals surface area contributed by atoms with Crippen molar-refractivity contribution >= 4 is 17.9 Å². The summed E-state index contributed by atoms with van der Waals surface area (Å²) in [6.45, 7) is 6.34. The van der Waals surface area contributed by atoms with Crippen molar-refractivity contribution in [1.82, 2.24) is 0 Å². The zero-order valence-corrected chi connectivity index (χ0v) is 40.1. The molecule has 0 N–H and O–H groups in total. The van der Waals surface area contributed by atoms with E-state index in [2.05, 4.69) is 118 Å². The van der Waals surface area contributed by atoms with Gasteiger partial charge < -0.3 is 14.2 Å². The number of carbonyl (C=O) groups is 3. The first-order valence-corrected chi connectivity index (χ1v) is 25.2. The molecule has 6 heteroatoms.